The third-order valence-corrected chi connectivity index (χ3v) is 4.95. The summed E-state index contributed by atoms with van der Waals surface area (Å²) < 4.78 is 1.09. The predicted molar refractivity (Wildman–Crippen MR) is 93.5 cm³/mol. The molecule has 3 aromatic rings. The van der Waals surface area contributed by atoms with Gasteiger partial charge in [0.15, 0.2) is 0 Å². The highest BCUT2D eigenvalue weighted by Gasteiger charge is 2.10. The SMILES string of the molecule is NC(CSc1cccc(Br)c1)c1cccc2cnccc12. The molecule has 1 atom stereocenters. The van der Waals surface area contributed by atoms with Crippen LogP contribution in [-0.4, -0.2) is 10.7 Å². The third kappa shape index (κ3) is 3.46. The second-order valence-electron chi connectivity index (χ2n) is 4.82. The molecule has 0 bridgehead atoms. The summed E-state index contributed by atoms with van der Waals surface area (Å²) in [4.78, 5) is 5.39. The number of hydrogen-bond donors (Lipinski definition) is 1. The molecule has 0 radical (unpaired) electrons. The Morgan fingerprint density at radius 2 is 2.00 bits per heavy atom. The first-order chi connectivity index (χ1) is 10.2. The van der Waals surface area contributed by atoms with E-state index in [1.165, 1.54) is 15.8 Å². The van der Waals surface area contributed by atoms with Crippen molar-refractivity contribution in [2.45, 2.75) is 10.9 Å². The number of benzene rings is 2. The van der Waals surface area contributed by atoms with Gasteiger partial charge in [0.1, 0.15) is 0 Å². The van der Waals surface area contributed by atoms with Crippen LogP contribution in [0.15, 0.2) is 70.3 Å². The summed E-state index contributed by atoms with van der Waals surface area (Å²) in [6.07, 6.45) is 3.70. The molecule has 0 aliphatic carbocycles. The molecule has 1 heterocycles. The Kier molecular flexibility index (Phi) is 4.58. The summed E-state index contributed by atoms with van der Waals surface area (Å²) in [5.74, 6) is 0.845. The molecule has 0 saturated heterocycles. The second-order valence-corrected chi connectivity index (χ2v) is 6.83. The lowest BCUT2D eigenvalue weighted by atomic mass is 10.0. The van der Waals surface area contributed by atoms with Crippen molar-refractivity contribution in [1.29, 1.82) is 0 Å². The van der Waals surface area contributed by atoms with Crippen LogP contribution in [-0.2, 0) is 0 Å². The van der Waals surface area contributed by atoms with Gasteiger partial charge in [-0.15, -0.1) is 11.8 Å². The summed E-state index contributed by atoms with van der Waals surface area (Å²) in [6.45, 7) is 0. The van der Waals surface area contributed by atoms with Gasteiger partial charge < -0.3 is 5.73 Å². The topological polar surface area (TPSA) is 38.9 Å². The van der Waals surface area contributed by atoms with Gasteiger partial charge in [-0.1, -0.05) is 40.2 Å². The molecule has 0 aliphatic heterocycles. The zero-order valence-corrected chi connectivity index (χ0v) is 13.8. The minimum atomic E-state index is 0.0000756. The van der Waals surface area contributed by atoms with Crippen LogP contribution in [0.2, 0.25) is 0 Å². The molecule has 0 amide bonds. The van der Waals surface area contributed by atoms with Crippen LogP contribution < -0.4 is 5.73 Å². The smallest absolute Gasteiger partial charge is 0.0396 e. The van der Waals surface area contributed by atoms with Crippen LogP contribution in [0.5, 0.6) is 0 Å². The molecule has 0 fully saturated rings. The minimum Gasteiger partial charge on any atom is -0.323 e. The van der Waals surface area contributed by atoms with Gasteiger partial charge in [-0.2, -0.15) is 0 Å². The van der Waals surface area contributed by atoms with Gasteiger partial charge >= 0.3 is 0 Å². The zero-order valence-electron chi connectivity index (χ0n) is 11.4. The fraction of sp³-hybridized carbons (Fsp3) is 0.118. The van der Waals surface area contributed by atoms with Crippen molar-refractivity contribution in [3.8, 4) is 0 Å². The van der Waals surface area contributed by atoms with Crippen molar-refractivity contribution in [3.05, 3.63) is 71.0 Å². The van der Waals surface area contributed by atoms with Crippen LogP contribution in [0.25, 0.3) is 10.8 Å². The first-order valence-electron chi connectivity index (χ1n) is 6.70. The molecule has 1 unspecified atom stereocenters. The minimum absolute atomic E-state index is 0.0000756. The van der Waals surface area contributed by atoms with E-state index in [0.717, 1.165) is 15.6 Å². The number of thioether (sulfide) groups is 1. The van der Waals surface area contributed by atoms with Crippen LogP contribution in [0.1, 0.15) is 11.6 Å². The fourth-order valence-corrected chi connectivity index (χ4v) is 3.79. The standard InChI is InChI=1S/C17H15BrN2S/c18-13-4-2-5-14(9-13)21-11-17(19)16-6-1-3-12-10-20-8-7-15(12)16/h1-10,17H,11,19H2. The van der Waals surface area contributed by atoms with Gasteiger partial charge in [0.25, 0.3) is 0 Å². The van der Waals surface area contributed by atoms with Crippen molar-refractivity contribution in [1.82, 2.24) is 4.98 Å². The molecule has 106 valence electrons. The molecular formula is C17H15BrN2S. The van der Waals surface area contributed by atoms with E-state index in [2.05, 4.69) is 45.2 Å². The van der Waals surface area contributed by atoms with Crippen molar-refractivity contribution >= 4 is 38.5 Å². The number of nitrogens with two attached hydrogens (primary N) is 1. The fourth-order valence-electron chi connectivity index (χ4n) is 2.30. The Balaban J connectivity index is 1.79. The number of aromatic nitrogens is 1. The van der Waals surface area contributed by atoms with Gasteiger partial charge in [0, 0.05) is 38.9 Å². The first kappa shape index (κ1) is 14.6. The van der Waals surface area contributed by atoms with Crippen LogP contribution in [0, 0.1) is 0 Å². The van der Waals surface area contributed by atoms with E-state index in [9.17, 15) is 0 Å². The maximum atomic E-state index is 6.39. The van der Waals surface area contributed by atoms with Crippen LogP contribution >= 0.6 is 27.7 Å². The summed E-state index contributed by atoms with van der Waals surface area (Å²) in [5, 5.41) is 2.33. The van der Waals surface area contributed by atoms with Gasteiger partial charge in [-0.3, -0.25) is 4.98 Å². The maximum Gasteiger partial charge on any atom is 0.0396 e. The average molecular weight is 359 g/mol. The number of pyridine rings is 1. The van der Waals surface area contributed by atoms with Crippen LogP contribution in [0.3, 0.4) is 0 Å². The molecule has 21 heavy (non-hydrogen) atoms. The second kappa shape index (κ2) is 6.60. The zero-order chi connectivity index (χ0) is 14.7. The monoisotopic (exact) mass is 358 g/mol. The van der Waals surface area contributed by atoms with E-state index in [1.807, 2.05) is 36.7 Å². The molecule has 3 rings (SSSR count). The Hall–Kier alpha value is -1.36. The van der Waals surface area contributed by atoms with E-state index < -0.39 is 0 Å². The Morgan fingerprint density at radius 3 is 2.86 bits per heavy atom. The summed E-state index contributed by atoms with van der Waals surface area (Å²) >= 11 is 5.27. The lowest BCUT2D eigenvalue weighted by Gasteiger charge is -2.14. The maximum absolute atomic E-state index is 6.39. The Bertz CT molecular complexity index is 755. The van der Waals surface area contributed by atoms with Crippen molar-refractivity contribution in [2.75, 3.05) is 5.75 Å². The normalized spacial score (nSPS) is 12.5. The van der Waals surface area contributed by atoms with Gasteiger partial charge in [-0.25, -0.2) is 0 Å². The van der Waals surface area contributed by atoms with Crippen molar-refractivity contribution in [3.63, 3.8) is 0 Å². The molecular weight excluding hydrogens is 344 g/mol. The van der Waals surface area contributed by atoms with Crippen LogP contribution in [0.4, 0.5) is 0 Å². The van der Waals surface area contributed by atoms with E-state index in [4.69, 9.17) is 5.73 Å². The molecule has 1 aromatic heterocycles. The number of hydrogen-bond acceptors (Lipinski definition) is 3. The summed E-state index contributed by atoms with van der Waals surface area (Å²) in [6, 6.07) is 16.6. The molecule has 0 spiro atoms. The summed E-state index contributed by atoms with van der Waals surface area (Å²) in [7, 11) is 0. The number of rotatable bonds is 4. The Labute approximate surface area is 136 Å². The lowest BCUT2D eigenvalue weighted by Crippen LogP contribution is -2.13. The van der Waals surface area contributed by atoms with Crippen molar-refractivity contribution in [2.24, 2.45) is 5.73 Å². The predicted octanol–water partition coefficient (Wildman–Crippen LogP) is 4.79. The molecule has 2 nitrogen and oxygen atoms in total. The summed E-state index contributed by atoms with van der Waals surface area (Å²) in [5.41, 5.74) is 7.57. The molecule has 2 N–H and O–H groups in total. The first-order valence-corrected chi connectivity index (χ1v) is 8.48. The number of fused-ring (bicyclic) bond motifs is 1. The van der Waals surface area contributed by atoms with Gasteiger partial charge in [0.05, 0.1) is 0 Å². The Morgan fingerprint density at radius 1 is 1.14 bits per heavy atom. The highest BCUT2D eigenvalue weighted by atomic mass is 79.9. The highest BCUT2D eigenvalue weighted by Crippen LogP contribution is 2.28. The molecule has 0 saturated carbocycles. The molecule has 4 heteroatoms. The van der Waals surface area contributed by atoms with Crippen molar-refractivity contribution < 1.29 is 0 Å². The van der Waals surface area contributed by atoms with Gasteiger partial charge in [-0.05, 0) is 35.2 Å². The molecule has 0 aliphatic rings. The van der Waals surface area contributed by atoms with E-state index >= 15 is 0 Å². The molecule has 2 aromatic carbocycles. The van der Waals surface area contributed by atoms with E-state index in [1.54, 1.807) is 11.8 Å². The van der Waals surface area contributed by atoms with E-state index in [-0.39, 0.29) is 6.04 Å². The lowest BCUT2D eigenvalue weighted by molar-refractivity contribution is 0.840. The quantitative estimate of drug-likeness (QED) is 0.681. The average Bonchev–Trinajstić information content (AvgIpc) is 2.52. The third-order valence-electron chi connectivity index (χ3n) is 3.34. The van der Waals surface area contributed by atoms with Gasteiger partial charge in [0.2, 0.25) is 0 Å². The largest absolute Gasteiger partial charge is 0.323 e. The number of nitrogens with zero attached hydrogens (tertiary/aromatic N) is 1. The highest BCUT2D eigenvalue weighted by molar-refractivity contribution is 9.10. The van der Waals surface area contributed by atoms with E-state index in [0.29, 0.717) is 0 Å². The number of halogens is 1.